The van der Waals surface area contributed by atoms with Gasteiger partial charge in [0.05, 0.1) is 11.8 Å². The molecule has 1 unspecified atom stereocenters. The van der Waals surface area contributed by atoms with Crippen LogP contribution in [-0.4, -0.2) is 23.6 Å². The van der Waals surface area contributed by atoms with E-state index in [4.69, 9.17) is 11.6 Å². The zero-order valence-electron chi connectivity index (χ0n) is 15.4. The molecular weight excluding hydrogens is 368 g/mol. The molecule has 0 radical (unpaired) electrons. The third-order valence-corrected chi connectivity index (χ3v) is 5.22. The molecule has 138 valence electrons. The van der Waals surface area contributed by atoms with Crippen LogP contribution in [0.1, 0.15) is 23.6 Å². The number of carbonyl (C=O) groups excluding carboxylic acids is 2. The Balaban J connectivity index is 1.86. The van der Waals surface area contributed by atoms with E-state index in [1.807, 2.05) is 45.0 Å². The third-order valence-electron chi connectivity index (χ3n) is 3.86. The molecule has 0 aliphatic heterocycles. The minimum absolute atomic E-state index is 0.0584. The Morgan fingerprint density at radius 2 is 1.65 bits per heavy atom. The molecule has 0 saturated carbocycles. The van der Waals surface area contributed by atoms with Crippen LogP contribution in [0.4, 0.5) is 5.69 Å². The van der Waals surface area contributed by atoms with E-state index in [1.54, 1.807) is 19.1 Å². The number of hydrogen-bond acceptors (Lipinski definition) is 3. The van der Waals surface area contributed by atoms with Crippen molar-refractivity contribution in [3.05, 3.63) is 58.1 Å². The van der Waals surface area contributed by atoms with Crippen LogP contribution in [0.25, 0.3) is 0 Å². The van der Waals surface area contributed by atoms with E-state index in [-0.39, 0.29) is 23.6 Å². The molecule has 0 heterocycles. The summed E-state index contributed by atoms with van der Waals surface area (Å²) in [6.45, 7) is 7.68. The molecule has 2 amide bonds. The molecule has 0 aliphatic carbocycles. The summed E-state index contributed by atoms with van der Waals surface area (Å²) in [6, 6.07) is 11.3. The van der Waals surface area contributed by atoms with Gasteiger partial charge < -0.3 is 10.6 Å². The Labute approximate surface area is 163 Å². The fourth-order valence-corrected chi connectivity index (χ4v) is 3.66. The van der Waals surface area contributed by atoms with Crippen molar-refractivity contribution in [2.75, 3.05) is 11.9 Å². The quantitative estimate of drug-likeness (QED) is 0.714. The summed E-state index contributed by atoms with van der Waals surface area (Å²) in [5, 5.41) is 5.91. The summed E-state index contributed by atoms with van der Waals surface area (Å²) in [6.07, 6.45) is 0. The van der Waals surface area contributed by atoms with Crippen LogP contribution in [0.3, 0.4) is 0 Å². The number of hydrogen-bond donors (Lipinski definition) is 2. The van der Waals surface area contributed by atoms with Gasteiger partial charge in [-0.15, -0.1) is 11.8 Å². The zero-order valence-corrected chi connectivity index (χ0v) is 16.9. The Morgan fingerprint density at radius 3 is 2.23 bits per heavy atom. The summed E-state index contributed by atoms with van der Waals surface area (Å²) < 4.78 is 0. The van der Waals surface area contributed by atoms with Crippen LogP contribution in [0.5, 0.6) is 0 Å². The molecule has 2 N–H and O–H groups in total. The van der Waals surface area contributed by atoms with Gasteiger partial charge >= 0.3 is 0 Å². The maximum absolute atomic E-state index is 12.2. The molecule has 0 aromatic heterocycles. The molecule has 0 fully saturated rings. The summed E-state index contributed by atoms with van der Waals surface area (Å²) in [7, 11) is 0. The lowest BCUT2D eigenvalue weighted by Gasteiger charge is -2.14. The molecule has 6 heteroatoms. The number of carbonyl (C=O) groups is 2. The first-order chi connectivity index (χ1) is 12.3. The fourth-order valence-electron chi connectivity index (χ4n) is 2.64. The highest BCUT2D eigenvalue weighted by atomic mass is 35.5. The van der Waals surface area contributed by atoms with Crippen LogP contribution < -0.4 is 10.6 Å². The summed E-state index contributed by atoms with van der Waals surface area (Å²) in [4.78, 5) is 25.3. The minimum atomic E-state index is -0.313. The van der Waals surface area contributed by atoms with Gasteiger partial charge in [-0.1, -0.05) is 29.3 Å². The van der Waals surface area contributed by atoms with E-state index in [0.717, 1.165) is 27.3 Å². The van der Waals surface area contributed by atoms with Crippen molar-refractivity contribution < 1.29 is 9.59 Å². The van der Waals surface area contributed by atoms with Gasteiger partial charge in [0.25, 0.3) is 0 Å². The highest BCUT2D eigenvalue weighted by Crippen LogP contribution is 2.25. The Bertz CT molecular complexity index is 783. The number of halogens is 1. The monoisotopic (exact) mass is 390 g/mol. The SMILES string of the molecule is Cc1cc(C)c(NC(=O)CNC(=O)C(C)Sc2ccc(Cl)cc2)c(C)c1. The minimum Gasteiger partial charge on any atom is -0.346 e. The summed E-state index contributed by atoms with van der Waals surface area (Å²) in [5.74, 6) is -0.422. The molecule has 4 nitrogen and oxygen atoms in total. The van der Waals surface area contributed by atoms with Gasteiger partial charge in [-0.3, -0.25) is 9.59 Å². The summed E-state index contributed by atoms with van der Waals surface area (Å²) >= 11 is 7.28. The predicted molar refractivity (Wildman–Crippen MR) is 109 cm³/mol. The number of nitrogens with one attached hydrogen (secondary N) is 2. The van der Waals surface area contributed by atoms with E-state index in [1.165, 1.54) is 11.8 Å². The van der Waals surface area contributed by atoms with Crippen LogP contribution >= 0.6 is 23.4 Å². The fraction of sp³-hybridized carbons (Fsp3) is 0.300. The topological polar surface area (TPSA) is 58.2 Å². The van der Waals surface area contributed by atoms with Crippen LogP contribution in [0, 0.1) is 20.8 Å². The van der Waals surface area contributed by atoms with E-state index >= 15 is 0 Å². The van der Waals surface area contributed by atoms with Crippen LogP contribution in [0.2, 0.25) is 5.02 Å². The molecule has 2 rings (SSSR count). The number of rotatable bonds is 6. The average Bonchev–Trinajstić information content (AvgIpc) is 2.57. The van der Waals surface area contributed by atoms with E-state index in [2.05, 4.69) is 10.6 Å². The number of anilines is 1. The maximum atomic E-state index is 12.2. The van der Waals surface area contributed by atoms with E-state index in [0.29, 0.717) is 5.02 Å². The second kappa shape index (κ2) is 9.10. The van der Waals surface area contributed by atoms with Crippen molar-refractivity contribution in [2.45, 2.75) is 37.8 Å². The van der Waals surface area contributed by atoms with Crippen molar-refractivity contribution in [3.8, 4) is 0 Å². The lowest BCUT2D eigenvalue weighted by molar-refractivity contribution is -0.123. The number of benzene rings is 2. The zero-order chi connectivity index (χ0) is 19.3. The molecule has 26 heavy (non-hydrogen) atoms. The molecule has 2 aromatic carbocycles. The molecule has 0 bridgehead atoms. The lowest BCUT2D eigenvalue weighted by Crippen LogP contribution is -2.37. The van der Waals surface area contributed by atoms with E-state index < -0.39 is 0 Å². The molecule has 0 saturated heterocycles. The van der Waals surface area contributed by atoms with Gasteiger partial charge in [-0.2, -0.15) is 0 Å². The van der Waals surface area contributed by atoms with Crippen molar-refractivity contribution in [1.82, 2.24) is 5.32 Å². The van der Waals surface area contributed by atoms with Crippen LogP contribution in [-0.2, 0) is 9.59 Å². The first-order valence-corrected chi connectivity index (χ1v) is 9.59. The maximum Gasteiger partial charge on any atom is 0.243 e. The number of amides is 2. The average molecular weight is 391 g/mol. The third kappa shape index (κ3) is 5.78. The van der Waals surface area contributed by atoms with Gasteiger partial charge in [0.15, 0.2) is 0 Å². The second-order valence-corrected chi connectivity index (χ2v) is 8.10. The smallest absolute Gasteiger partial charge is 0.243 e. The van der Waals surface area contributed by atoms with E-state index in [9.17, 15) is 9.59 Å². The lowest BCUT2D eigenvalue weighted by atomic mass is 10.1. The summed E-state index contributed by atoms with van der Waals surface area (Å²) in [5.41, 5.74) is 3.97. The largest absolute Gasteiger partial charge is 0.346 e. The second-order valence-electron chi connectivity index (χ2n) is 6.25. The first kappa shape index (κ1) is 20.3. The highest BCUT2D eigenvalue weighted by Gasteiger charge is 2.16. The van der Waals surface area contributed by atoms with Crippen LogP contribution in [0.15, 0.2) is 41.3 Å². The number of thioether (sulfide) groups is 1. The van der Waals surface area contributed by atoms with Gasteiger partial charge in [-0.05, 0) is 63.1 Å². The number of aryl methyl sites for hydroxylation is 3. The van der Waals surface area contributed by atoms with Crippen molar-refractivity contribution in [3.63, 3.8) is 0 Å². The van der Waals surface area contributed by atoms with Gasteiger partial charge in [0, 0.05) is 15.6 Å². The molecular formula is C20H23ClN2O2S. The Morgan fingerprint density at radius 1 is 1.08 bits per heavy atom. The normalized spacial score (nSPS) is 11.7. The Hall–Kier alpha value is -1.98. The molecule has 1 atom stereocenters. The molecule has 0 aliphatic rings. The highest BCUT2D eigenvalue weighted by molar-refractivity contribution is 8.00. The van der Waals surface area contributed by atoms with Gasteiger partial charge in [-0.25, -0.2) is 0 Å². The Kier molecular flexibility index (Phi) is 7.12. The van der Waals surface area contributed by atoms with Gasteiger partial charge in [0.1, 0.15) is 0 Å². The predicted octanol–water partition coefficient (Wildman–Crippen LogP) is 4.50. The first-order valence-electron chi connectivity index (χ1n) is 8.34. The molecule has 0 spiro atoms. The standard InChI is InChI=1S/C20H23ClN2O2S/c1-12-9-13(2)19(14(3)10-12)23-18(24)11-22-20(25)15(4)26-17-7-5-16(21)6-8-17/h5-10,15H,11H2,1-4H3,(H,22,25)(H,23,24). The van der Waals surface area contributed by atoms with Crippen molar-refractivity contribution >= 4 is 40.9 Å². The van der Waals surface area contributed by atoms with Gasteiger partial charge in [0.2, 0.25) is 11.8 Å². The molecule has 2 aromatic rings. The van der Waals surface area contributed by atoms with Crippen molar-refractivity contribution in [2.24, 2.45) is 0 Å². The van der Waals surface area contributed by atoms with Crippen molar-refractivity contribution in [1.29, 1.82) is 0 Å².